The summed E-state index contributed by atoms with van der Waals surface area (Å²) < 4.78 is 0. The largest absolute Gasteiger partial charge is 0.326 e. The van der Waals surface area contributed by atoms with Gasteiger partial charge in [0.25, 0.3) is 0 Å². The molecule has 2 N–H and O–H groups in total. The molecule has 15 rings (SSSR count). The van der Waals surface area contributed by atoms with E-state index in [0.717, 1.165) is 18.5 Å². The Bertz CT molecular complexity index is 3860. The highest BCUT2D eigenvalue weighted by Crippen LogP contribution is 2.68. The molecule has 0 heterocycles. The molecule has 0 atom stereocenters. The molecule has 0 radical (unpaired) electrons. The number of aryl methyl sites for hydroxylation is 1. The van der Waals surface area contributed by atoms with Crippen molar-refractivity contribution in [3.05, 3.63) is 333 Å². The maximum absolute atomic E-state index is 6.15. The van der Waals surface area contributed by atoms with Crippen LogP contribution in [0.25, 0.3) is 55.6 Å². The fourth-order valence-corrected chi connectivity index (χ4v) is 13.2. The van der Waals surface area contributed by atoms with E-state index in [1.165, 1.54) is 122 Å². The Kier molecular flexibility index (Phi) is 11.5. The molecule has 4 aliphatic rings. The molecule has 0 unspecified atom stereocenters. The molecule has 11 aromatic carbocycles. The maximum Gasteiger partial charge on any atom is 0.0720 e. The zero-order chi connectivity index (χ0) is 50.5. The molecule has 2 spiro atoms. The monoisotopic (exact) mass is 960 g/mol. The fraction of sp³-hybridized carbons (Fsp3) is 0.0822. The van der Waals surface area contributed by atoms with Crippen LogP contribution in [0.5, 0.6) is 0 Å². The summed E-state index contributed by atoms with van der Waals surface area (Å²) in [5.74, 6) is 0. The average Bonchev–Trinajstić information content (AvgIpc) is 4.14. The van der Waals surface area contributed by atoms with Gasteiger partial charge in [-0.15, -0.1) is 0 Å². The summed E-state index contributed by atoms with van der Waals surface area (Å²) in [6, 6.07) is 96.0. The number of hydrogen-bond acceptors (Lipinski definition) is 2. The van der Waals surface area contributed by atoms with Gasteiger partial charge in [-0.25, -0.2) is 0 Å². The van der Waals surface area contributed by atoms with Gasteiger partial charge < -0.3 is 5.73 Å². The summed E-state index contributed by atoms with van der Waals surface area (Å²) in [5, 5.41) is 0. The Morgan fingerprint density at radius 1 is 0.373 bits per heavy atom. The van der Waals surface area contributed by atoms with E-state index in [1.807, 2.05) is 36.4 Å². The number of benzene rings is 11. The lowest BCUT2D eigenvalue weighted by molar-refractivity contribution is 0.633. The van der Waals surface area contributed by atoms with Gasteiger partial charge in [0.2, 0.25) is 0 Å². The Balaban J connectivity index is 0.000000203. The highest BCUT2D eigenvalue weighted by atomic mass is 14.7. The predicted molar refractivity (Wildman–Crippen MR) is 312 cm³/mol. The van der Waals surface area contributed by atoms with Gasteiger partial charge in [-0.3, -0.25) is 4.99 Å². The third-order valence-electron chi connectivity index (χ3n) is 16.3. The third-order valence-corrected chi connectivity index (χ3v) is 16.3. The van der Waals surface area contributed by atoms with Crippen LogP contribution in [-0.4, -0.2) is 6.72 Å². The standard InChI is InChI=1S/C52H35N.C13H12.C8H9N/c53-31-32-12-11-14-33(28-32)34-24-26-44-41(29-34)50-40-30-35-13-1-2-15-36(35)37(40)25-27-49(50)52(44)47-22-9-7-20-45(47)51(46-21-8-10-23-48(46)52)42-18-5-3-16-38(42)39-17-4-6-19-43(39)51;1-11-7-9-13(10-8-11)12-5-3-2-4-6-12;1-9-7-8-5-3-2-4-6-8/h1-29H,30-31,53H2;2-10H,1H3;2-6H,1,7H2. The molecule has 11 aromatic rings. The van der Waals surface area contributed by atoms with Crippen LogP contribution >= 0.6 is 0 Å². The topological polar surface area (TPSA) is 38.4 Å². The van der Waals surface area contributed by atoms with Crippen molar-refractivity contribution in [1.82, 2.24) is 0 Å². The molecule has 0 saturated heterocycles. The van der Waals surface area contributed by atoms with E-state index in [2.05, 4.69) is 243 Å². The molecule has 0 bridgehead atoms. The van der Waals surface area contributed by atoms with Crippen LogP contribution in [0.3, 0.4) is 0 Å². The Labute approximate surface area is 441 Å². The second kappa shape index (κ2) is 18.8. The third kappa shape index (κ3) is 7.24. The van der Waals surface area contributed by atoms with Crippen molar-refractivity contribution in [2.24, 2.45) is 10.7 Å². The van der Waals surface area contributed by atoms with Gasteiger partial charge in [-0.2, -0.15) is 0 Å². The molecule has 0 amide bonds. The zero-order valence-corrected chi connectivity index (χ0v) is 42.2. The van der Waals surface area contributed by atoms with E-state index in [-0.39, 0.29) is 0 Å². The van der Waals surface area contributed by atoms with Gasteiger partial charge in [0.05, 0.1) is 17.4 Å². The summed E-state index contributed by atoms with van der Waals surface area (Å²) in [6.45, 7) is 6.76. The molecule has 0 saturated carbocycles. The van der Waals surface area contributed by atoms with Crippen molar-refractivity contribution in [3.63, 3.8) is 0 Å². The molecule has 0 fully saturated rings. The smallest absolute Gasteiger partial charge is 0.0720 e. The first-order valence-electron chi connectivity index (χ1n) is 26.2. The molecule has 4 aliphatic carbocycles. The van der Waals surface area contributed by atoms with Crippen LogP contribution in [0.2, 0.25) is 0 Å². The molecule has 75 heavy (non-hydrogen) atoms. The average molecular weight is 961 g/mol. The van der Waals surface area contributed by atoms with Crippen LogP contribution < -0.4 is 5.73 Å². The minimum Gasteiger partial charge on any atom is -0.326 e. The highest BCUT2D eigenvalue weighted by molar-refractivity contribution is 5.98. The number of aliphatic imine (C=N–C) groups is 1. The van der Waals surface area contributed by atoms with E-state index in [9.17, 15) is 0 Å². The number of fused-ring (bicyclic) bond motifs is 20. The molecule has 0 aromatic heterocycles. The van der Waals surface area contributed by atoms with Crippen molar-refractivity contribution in [2.75, 3.05) is 0 Å². The van der Waals surface area contributed by atoms with E-state index < -0.39 is 10.8 Å². The van der Waals surface area contributed by atoms with Gasteiger partial charge in [0, 0.05) is 6.54 Å². The number of nitrogens with two attached hydrogens (primary N) is 1. The van der Waals surface area contributed by atoms with Gasteiger partial charge >= 0.3 is 0 Å². The Morgan fingerprint density at radius 3 is 1.44 bits per heavy atom. The van der Waals surface area contributed by atoms with Gasteiger partial charge in [0.15, 0.2) is 0 Å². The van der Waals surface area contributed by atoms with Crippen molar-refractivity contribution in [1.29, 1.82) is 0 Å². The number of rotatable bonds is 5. The minimum absolute atomic E-state index is 0.440. The summed E-state index contributed by atoms with van der Waals surface area (Å²) >= 11 is 0. The Morgan fingerprint density at radius 2 is 0.827 bits per heavy atom. The first-order chi connectivity index (χ1) is 37.0. The van der Waals surface area contributed by atoms with Crippen LogP contribution in [0, 0.1) is 6.92 Å². The van der Waals surface area contributed by atoms with Crippen LogP contribution in [-0.2, 0) is 30.3 Å². The second-order valence-electron chi connectivity index (χ2n) is 20.3. The van der Waals surface area contributed by atoms with Crippen LogP contribution in [0.1, 0.15) is 72.3 Å². The van der Waals surface area contributed by atoms with E-state index in [0.29, 0.717) is 6.54 Å². The van der Waals surface area contributed by atoms with Crippen LogP contribution in [0.4, 0.5) is 0 Å². The van der Waals surface area contributed by atoms with E-state index in [4.69, 9.17) is 5.73 Å². The minimum atomic E-state index is -0.503. The molecular formula is C73H56N2. The molecule has 2 nitrogen and oxygen atoms in total. The lowest BCUT2D eigenvalue weighted by Gasteiger charge is -2.48. The normalized spacial score (nSPS) is 13.5. The summed E-state index contributed by atoms with van der Waals surface area (Å²) in [7, 11) is 0. The van der Waals surface area contributed by atoms with Crippen molar-refractivity contribution < 1.29 is 0 Å². The molecule has 0 aliphatic heterocycles. The second-order valence-corrected chi connectivity index (χ2v) is 20.3. The zero-order valence-electron chi connectivity index (χ0n) is 42.2. The summed E-state index contributed by atoms with van der Waals surface area (Å²) in [4.78, 5) is 3.76. The quantitative estimate of drug-likeness (QED) is 0.172. The summed E-state index contributed by atoms with van der Waals surface area (Å²) in [5.41, 5.74) is 35.8. The Hall–Kier alpha value is -8.95. The molecule has 2 heteroatoms. The maximum atomic E-state index is 6.15. The SMILES string of the molecule is C=NCc1ccccc1.Cc1ccc(-c2ccccc2)cc1.NCc1cccc(-c2ccc3c(c2)-c2c(ccc4c2Cc2ccccc2-4)C32c3ccccc3C3(c4ccccc4-c4ccccc43)c3ccccc32)c1. The first-order valence-corrected chi connectivity index (χ1v) is 26.2. The first kappa shape index (κ1) is 45.9. The fourth-order valence-electron chi connectivity index (χ4n) is 13.2. The number of hydrogen-bond donors (Lipinski definition) is 1. The van der Waals surface area contributed by atoms with Crippen LogP contribution in [0.15, 0.2) is 266 Å². The molecule has 358 valence electrons. The summed E-state index contributed by atoms with van der Waals surface area (Å²) in [6.07, 6.45) is 0.936. The highest BCUT2D eigenvalue weighted by Gasteiger charge is 2.59. The van der Waals surface area contributed by atoms with Gasteiger partial charge in [-0.1, -0.05) is 254 Å². The molecular weight excluding hydrogens is 905 g/mol. The predicted octanol–water partition coefficient (Wildman–Crippen LogP) is 17.0. The van der Waals surface area contributed by atoms with Crippen molar-refractivity contribution >= 4 is 6.72 Å². The lowest BCUT2D eigenvalue weighted by Crippen LogP contribution is -2.43. The number of nitrogens with zero attached hydrogens (tertiary/aromatic N) is 1. The van der Waals surface area contributed by atoms with E-state index in [1.54, 1.807) is 0 Å². The van der Waals surface area contributed by atoms with Crippen molar-refractivity contribution in [3.8, 4) is 55.6 Å². The van der Waals surface area contributed by atoms with Gasteiger partial charge in [-0.05, 0) is 155 Å². The van der Waals surface area contributed by atoms with Gasteiger partial charge in [0.1, 0.15) is 0 Å². The lowest BCUT2D eigenvalue weighted by atomic mass is 9.52. The van der Waals surface area contributed by atoms with Crippen molar-refractivity contribution in [2.45, 2.75) is 37.3 Å². The van der Waals surface area contributed by atoms with E-state index >= 15 is 0 Å².